The Labute approximate surface area is 147 Å². The Morgan fingerprint density at radius 1 is 1.25 bits per heavy atom. The molecule has 128 valence electrons. The van der Waals surface area contributed by atoms with Crippen LogP contribution in [0.4, 0.5) is 0 Å². The van der Waals surface area contributed by atoms with E-state index in [0.29, 0.717) is 10.9 Å². The van der Waals surface area contributed by atoms with Gasteiger partial charge in [-0.15, -0.1) is 0 Å². The molecule has 8 heteroatoms. The standard InChI is InChI=1S/C16H17BrN2O5/c1-3-6-16(2,15(23)24)18-12(20)8-19-13(21)10-5-4-9(17)7-11(10)14(19)22/h4-5,7H,3,6,8H2,1-2H3,(H,18,20)(H,23,24). The van der Waals surface area contributed by atoms with Gasteiger partial charge >= 0.3 is 5.97 Å². The quantitative estimate of drug-likeness (QED) is 0.713. The van der Waals surface area contributed by atoms with E-state index in [-0.39, 0.29) is 17.5 Å². The molecule has 1 heterocycles. The molecule has 0 saturated heterocycles. The van der Waals surface area contributed by atoms with E-state index in [1.54, 1.807) is 13.0 Å². The van der Waals surface area contributed by atoms with E-state index < -0.39 is 35.8 Å². The van der Waals surface area contributed by atoms with Crippen molar-refractivity contribution < 1.29 is 24.3 Å². The number of carbonyl (C=O) groups is 4. The fourth-order valence-corrected chi connectivity index (χ4v) is 2.98. The van der Waals surface area contributed by atoms with E-state index in [1.165, 1.54) is 19.1 Å². The summed E-state index contributed by atoms with van der Waals surface area (Å²) in [5.41, 5.74) is -0.990. The van der Waals surface area contributed by atoms with Crippen molar-refractivity contribution in [1.82, 2.24) is 10.2 Å². The van der Waals surface area contributed by atoms with Crippen molar-refractivity contribution in [1.29, 1.82) is 0 Å². The van der Waals surface area contributed by atoms with Gasteiger partial charge in [-0.25, -0.2) is 4.79 Å². The van der Waals surface area contributed by atoms with E-state index in [4.69, 9.17) is 0 Å². The van der Waals surface area contributed by atoms with Crippen LogP contribution in [0.3, 0.4) is 0 Å². The molecule has 3 amide bonds. The molecule has 0 fully saturated rings. The van der Waals surface area contributed by atoms with Crippen molar-refractivity contribution in [2.75, 3.05) is 6.54 Å². The third kappa shape index (κ3) is 3.33. The highest BCUT2D eigenvalue weighted by Crippen LogP contribution is 2.26. The number of amides is 3. The largest absolute Gasteiger partial charge is 0.480 e. The molecular formula is C16H17BrN2O5. The summed E-state index contributed by atoms with van der Waals surface area (Å²) in [6.07, 6.45) is 0.799. The van der Waals surface area contributed by atoms with Crippen molar-refractivity contribution in [3.63, 3.8) is 0 Å². The second kappa shape index (κ2) is 6.72. The number of carbonyl (C=O) groups excluding carboxylic acids is 3. The summed E-state index contributed by atoms with van der Waals surface area (Å²) in [6.45, 7) is 2.68. The molecule has 0 bridgehead atoms. The lowest BCUT2D eigenvalue weighted by atomic mass is 9.96. The van der Waals surface area contributed by atoms with Crippen molar-refractivity contribution >= 4 is 39.6 Å². The zero-order valence-corrected chi connectivity index (χ0v) is 14.8. The minimum atomic E-state index is -1.44. The van der Waals surface area contributed by atoms with Crippen LogP contribution in [0.2, 0.25) is 0 Å². The zero-order chi connectivity index (χ0) is 18.1. The first kappa shape index (κ1) is 18.1. The van der Waals surface area contributed by atoms with Crippen LogP contribution < -0.4 is 5.32 Å². The van der Waals surface area contributed by atoms with Crippen LogP contribution in [-0.4, -0.2) is 45.8 Å². The highest BCUT2D eigenvalue weighted by Gasteiger charge is 2.39. The molecule has 1 atom stereocenters. The van der Waals surface area contributed by atoms with Crippen LogP contribution in [0.25, 0.3) is 0 Å². The molecule has 2 rings (SSSR count). The molecule has 1 unspecified atom stereocenters. The Kier molecular flexibility index (Phi) is 5.08. The van der Waals surface area contributed by atoms with Gasteiger partial charge in [0.15, 0.2) is 0 Å². The summed E-state index contributed by atoms with van der Waals surface area (Å²) in [5, 5.41) is 11.7. The molecule has 0 aromatic heterocycles. The third-order valence-electron chi connectivity index (χ3n) is 3.87. The van der Waals surface area contributed by atoms with E-state index >= 15 is 0 Å². The molecular weight excluding hydrogens is 380 g/mol. The number of imide groups is 1. The summed E-state index contributed by atoms with van der Waals surface area (Å²) < 4.78 is 0.648. The highest BCUT2D eigenvalue weighted by molar-refractivity contribution is 9.10. The van der Waals surface area contributed by atoms with E-state index in [2.05, 4.69) is 21.2 Å². The smallest absolute Gasteiger partial charge is 0.329 e. The predicted octanol–water partition coefficient (Wildman–Crippen LogP) is 1.80. The Bertz CT molecular complexity index is 733. The predicted molar refractivity (Wildman–Crippen MR) is 88.6 cm³/mol. The molecule has 1 aromatic rings. The molecule has 0 spiro atoms. The molecule has 1 aliphatic rings. The molecule has 0 radical (unpaired) electrons. The van der Waals surface area contributed by atoms with Gasteiger partial charge in [-0.1, -0.05) is 29.3 Å². The minimum absolute atomic E-state index is 0.219. The number of aliphatic carboxylic acids is 1. The molecule has 2 N–H and O–H groups in total. The van der Waals surface area contributed by atoms with Gasteiger partial charge in [-0.05, 0) is 31.5 Å². The number of halogens is 1. The van der Waals surface area contributed by atoms with Crippen LogP contribution in [0.15, 0.2) is 22.7 Å². The molecule has 0 aliphatic carbocycles. The number of fused-ring (bicyclic) bond motifs is 1. The van der Waals surface area contributed by atoms with E-state index in [9.17, 15) is 24.3 Å². The summed E-state index contributed by atoms with van der Waals surface area (Å²) in [6, 6.07) is 4.66. The van der Waals surface area contributed by atoms with E-state index in [1.807, 2.05) is 0 Å². The Hall–Kier alpha value is -2.22. The van der Waals surface area contributed by atoms with Gasteiger partial charge in [0, 0.05) is 4.47 Å². The molecule has 24 heavy (non-hydrogen) atoms. The minimum Gasteiger partial charge on any atom is -0.480 e. The highest BCUT2D eigenvalue weighted by atomic mass is 79.9. The maximum atomic E-state index is 12.3. The summed E-state index contributed by atoms with van der Waals surface area (Å²) in [4.78, 5) is 48.9. The van der Waals surface area contributed by atoms with Crippen molar-refractivity contribution in [3.8, 4) is 0 Å². The lowest BCUT2D eigenvalue weighted by Gasteiger charge is -2.26. The average molecular weight is 397 g/mol. The zero-order valence-electron chi connectivity index (χ0n) is 13.3. The molecule has 0 saturated carbocycles. The van der Waals surface area contributed by atoms with Gasteiger partial charge in [0.25, 0.3) is 11.8 Å². The van der Waals surface area contributed by atoms with Crippen LogP contribution in [0.5, 0.6) is 0 Å². The molecule has 7 nitrogen and oxygen atoms in total. The van der Waals surface area contributed by atoms with Crippen LogP contribution in [0.1, 0.15) is 47.4 Å². The normalized spacial score (nSPS) is 15.9. The first-order chi connectivity index (χ1) is 11.2. The number of hydrogen-bond donors (Lipinski definition) is 2. The monoisotopic (exact) mass is 396 g/mol. The first-order valence-corrected chi connectivity index (χ1v) is 8.19. The SMILES string of the molecule is CCCC(C)(NC(=O)CN1C(=O)c2ccc(Br)cc2C1=O)C(=O)O. The summed E-state index contributed by atoms with van der Waals surface area (Å²) >= 11 is 3.23. The van der Waals surface area contributed by atoms with Crippen LogP contribution in [-0.2, 0) is 9.59 Å². The lowest BCUT2D eigenvalue weighted by Crippen LogP contribution is -2.54. The van der Waals surface area contributed by atoms with Gasteiger partial charge < -0.3 is 10.4 Å². The average Bonchev–Trinajstić information content (AvgIpc) is 2.72. The Morgan fingerprint density at radius 3 is 2.46 bits per heavy atom. The second-order valence-electron chi connectivity index (χ2n) is 5.82. The topological polar surface area (TPSA) is 104 Å². The van der Waals surface area contributed by atoms with Crippen LogP contribution in [0, 0.1) is 0 Å². The third-order valence-corrected chi connectivity index (χ3v) is 4.37. The number of rotatable bonds is 6. The molecule has 1 aromatic carbocycles. The van der Waals surface area contributed by atoms with Crippen molar-refractivity contribution in [2.24, 2.45) is 0 Å². The van der Waals surface area contributed by atoms with Gasteiger partial charge in [0.1, 0.15) is 12.1 Å². The summed E-state index contributed by atoms with van der Waals surface area (Å²) in [7, 11) is 0. The van der Waals surface area contributed by atoms with Gasteiger partial charge in [0.2, 0.25) is 5.91 Å². The number of carboxylic acid groups (broad SMARTS) is 1. The second-order valence-corrected chi connectivity index (χ2v) is 6.74. The fraction of sp³-hybridized carbons (Fsp3) is 0.375. The molecule has 1 aliphatic heterocycles. The van der Waals surface area contributed by atoms with Gasteiger partial charge in [-0.3, -0.25) is 19.3 Å². The Balaban J connectivity index is 2.15. The maximum Gasteiger partial charge on any atom is 0.329 e. The summed E-state index contributed by atoms with van der Waals surface area (Å²) in [5.74, 6) is -2.99. The maximum absolute atomic E-state index is 12.3. The number of nitrogens with zero attached hydrogens (tertiary/aromatic N) is 1. The number of hydrogen-bond acceptors (Lipinski definition) is 4. The van der Waals surface area contributed by atoms with E-state index in [0.717, 1.165) is 4.90 Å². The number of nitrogens with one attached hydrogen (secondary N) is 1. The van der Waals surface area contributed by atoms with Crippen molar-refractivity contribution in [3.05, 3.63) is 33.8 Å². The van der Waals surface area contributed by atoms with Crippen LogP contribution >= 0.6 is 15.9 Å². The lowest BCUT2D eigenvalue weighted by molar-refractivity contribution is -0.147. The Morgan fingerprint density at radius 2 is 1.88 bits per heavy atom. The fourth-order valence-electron chi connectivity index (χ4n) is 2.62. The number of benzene rings is 1. The van der Waals surface area contributed by atoms with Crippen molar-refractivity contribution in [2.45, 2.75) is 32.2 Å². The number of carboxylic acids is 1. The van der Waals surface area contributed by atoms with Gasteiger partial charge in [-0.2, -0.15) is 0 Å². The van der Waals surface area contributed by atoms with Gasteiger partial charge in [0.05, 0.1) is 11.1 Å². The first-order valence-electron chi connectivity index (χ1n) is 7.39.